The molecule has 0 aromatic heterocycles. The van der Waals surface area contributed by atoms with Crippen molar-refractivity contribution in [2.75, 3.05) is 47.0 Å². The van der Waals surface area contributed by atoms with Crippen LogP contribution in [-0.4, -0.2) is 74.4 Å². The van der Waals surface area contributed by atoms with Gasteiger partial charge in [-0.3, -0.25) is 9.69 Å². The fourth-order valence-corrected chi connectivity index (χ4v) is 5.77. The lowest BCUT2D eigenvalue weighted by molar-refractivity contribution is -0.131. The molecule has 0 N–H and O–H groups in total. The van der Waals surface area contributed by atoms with Crippen molar-refractivity contribution in [3.8, 4) is 11.5 Å². The van der Waals surface area contributed by atoms with Crippen LogP contribution in [0.1, 0.15) is 56.9 Å². The molecule has 0 radical (unpaired) electrons. The molecular formula is C25H38N2O4. The number of likely N-dealkylation sites (tertiary alicyclic amines) is 2. The molecule has 172 valence electrons. The molecule has 3 saturated heterocycles. The van der Waals surface area contributed by atoms with Gasteiger partial charge in [-0.15, -0.1) is 0 Å². The Bertz CT molecular complexity index is 749. The van der Waals surface area contributed by atoms with Crippen molar-refractivity contribution in [1.82, 2.24) is 9.80 Å². The molecule has 4 rings (SSSR count). The van der Waals surface area contributed by atoms with E-state index in [0.29, 0.717) is 18.9 Å². The number of aryl methyl sites for hydroxylation is 1. The zero-order valence-corrected chi connectivity index (χ0v) is 19.2. The number of methoxy groups -OCH3 is 2. The van der Waals surface area contributed by atoms with E-state index >= 15 is 0 Å². The van der Waals surface area contributed by atoms with E-state index in [4.69, 9.17) is 14.2 Å². The smallest absolute Gasteiger partial charge is 0.222 e. The van der Waals surface area contributed by atoms with Gasteiger partial charge in [-0.05, 0) is 69.5 Å². The van der Waals surface area contributed by atoms with Crippen molar-refractivity contribution >= 4 is 5.91 Å². The van der Waals surface area contributed by atoms with Crippen molar-refractivity contribution in [3.63, 3.8) is 0 Å². The topological polar surface area (TPSA) is 51.2 Å². The molecule has 0 bridgehead atoms. The molecule has 1 amide bonds. The van der Waals surface area contributed by atoms with Gasteiger partial charge >= 0.3 is 0 Å². The van der Waals surface area contributed by atoms with Crippen molar-refractivity contribution in [1.29, 1.82) is 0 Å². The second kappa shape index (κ2) is 10.2. The first kappa shape index (κ1) is 22.4. The van der Waals surface area contributed by atoms with Gasteiger partial charge in [-0.1, -0.05) is 6.07 Å². The van der Waals surface area contributed by atoms with Crippen LogP contribution < -0.4 is 9.47 Å². The Morgan fingerprint density at radius 1 is 1.10 bits per heavy atom. The van der Waals surface area contributed by atoms with Gasteiger partial charge in [-0.2, -0.15) is 0 Å². The molecule has 6 nitrogen and oxygen atoms in total. The minimum atomic E-state index is 0.263. The predicted octanol–water partition coefficient (Wildman–Crippen LogP) is 3.66. The van der Waals surface area contributed by atoms with E-state index in [1.54, 1.807) is 14.2 Å². The van der Waals surface area contributed by atoms with Crippen LogP contribution in [0.5, 0.6) is 11.5 Å². The number of hydrogen-bond acceptors (Lipinski definition) is 5. The lowest BCUT2D eigenvalue weighted by Crippen LogP contribution is -2.47. The monoisotopic (exact) mass is 430 g/mol. The quantitative estimate of drug-likeness (QED) is 0.661. The number of ether oxygens (including phenoxy) is 3. The van der Waals surface area contributed by atoms with Crippen molar-refractivity contribution in [2.24, 2.45) is 0 Å². The van der Waals surface area contributed by atoms with Crippen LogP contribution in [0.15, 0.2) is 18.2 Å². The molecule has 1 aromatic carbocycles. The molecule has 3 aliphatic rings. The number of carbonyl (C=O) groups is 1. The molecule has 1 spiro atoms. The summed E-state index contributed by atoms with van der Waals surface area (Å²) in [5.74, 6) is 1.82. The summed E-state index contributed by atoms with van der Waals surface area (Å²) in [6.45, 7) is 4.94. The highest BCUT2D eigenvalue weighted by Gasteiger charge is 2.43. The van der Waals surface area contributed by atoms with Gasteiger partial charge < -0.3 is 19.1 Å². The third-order valence-corrected chi connectivity index (χ3v) is 7.56. The molecule has 3 aliphatic heterocycles. The molecular weight excluding hydrogens is 392 g/mol. The molecule has 31 heavy (non-hydrogen) atoms. The average molecular weight is 431 g/mol. The van der Waals surface area contributed by atoms with E-state index in [-0.39, 0.29) is 11.4 Å². The fraction of sp³-hybridized carbons (Fsp3) is 0.720. The van der Waals surface area contributed by atoms with E-state index in [1.165, 1.54) is 38.6 Å². The molecule has 0 saturated carbocycles. The molecule has 1 aromatic rings. The van der Waals surface area contributed by atoms with E-state index < -0.39 is 0 Å². The summed E-state index contributed by atoms with van der Waals surface area (Å²) in [6, 6.07) is 5.82. The van der Waals surface area contributed by atoms with Crippen LogP contribution in [0.3, 0.4) is 0 Å². The first-order valence-corrected chi connectivity index (χ1v) is 12.0. The highest BCUT2D eigenvalue weighted by atomic mass is 16.5. The summed E-state index contributed by atoms with van der Waals surface area (Å²) in [5.41, 5.74) is 1.33. The number of benzene rings is 1. The number of hydrogen-bond donors (Lipinski definition) is 0. The van der Waals surface area contributed by atoms with E-state index in [0.717, 1.165) is 56.1 Å². The Morgan fingerprint density at radius 2 is 1.94 bits per heavy atom. The summed E-state index contributed by atoms with van der Waals surface area (Å²) in [7, 11) is 3.31. The highest BCUT2D eigenvalue weighted by Crippen LogP contribution is 2.39. The molecule has 0 aliphatic carbocycles. The maximum absolute atomic E-state index is 13.0. The maximum Gasteiger partial charge on any atom is 0.222 e. The SMILES string of the molecule is COc1ccc(CCC(=O)N2CCC[C@]3(CCCN3C[C@@H]3CCCO3)CC2)c(OC)c1. The van der Waals surface area contributed by atoms with Crippen molar-refractivity contribution in [3.05, 3.63) is 23.8 Å². The van der Waals surface area contributed by atoms with Crippen LogP contribution >= 0.6 is 0 Å². The summed E-state index contributed by atoms with van der Waals surface area (Å²) in [4.78, 5) is 17.8. The van der Waals surface area contributed by atoms with Crippen LogP contribution in [0, 0.1) is 0 Å². The van der Waals surface area contributed by atoms with Gasteiger partial charge in [-0.25, -0.2) is 0 Å². The summed E-state index contributed by atoms with van der Waals surface area (Å²) < 4.78 is 16.7. The minimum absolute atomic E-state index is 0.263. The first-order chi connectivity index (χ1) is 15.1. The Kier molecular flexibility index (Phi) is 7.39. The largest absolute Gasteiger partial charge is 0.497 e. The van der Waals surface area contributed by atoms with E-state index in [1.807, 2.05) is 18.2 Å². The second-order valence-electron chi connectivity index (χ2n) is 9.32. The van der Waals surface area contributed by atoms with Gasteiger partial charge in [0, 0.05) is 44.3 Å². The molecule has 3 heterocycles. The number of amides is 1. The number of rotatable bonds is 7. The second-order valence-corrected chi connectivity index (χ2v) is 9.32. The van der Waals surface area contributed by atoms with Crippen LogP contribution in [-0.2, 0) is 16.0 Å². The number of nitrogens with zero attached hydrogens (tertiary/aromatic N) is 2. The molecule has 0 unspecified atom stereocenters. The maximum atomic E-state index is 13.0. The zero-order chi connectivity index (χ0) is 21.7. The Hall–Kier alpha value is -1.79. The van der Waals surface area contributed by atoms with Crippen LogP contribution in [0.4, 0.5) is 0 Å². The summed E-state index contributed by atoms with van der Waals surface area (Å²) >= 11 is 0. The zero-order valence-electron chi connectivity index (χ0n) is 19.2. The van der Waals surface area contributed by atoms with Crippen LogP contribution in [0.2, 0.25) is 0 Å². The Balaban J connectivity index is 1.32. The van der Waals surface area contributed by atoms with Gasteiger partial charge in [0.15, 0.2) is 0 Å². The Labute approximate surface area is 186 Å². The van der Waals surface area contributed by atoms with Gasteiger partial charge in [0.05, 0.1) is 20.3 Å². The van der Waals surface area contributed by atoms with Crippen molar-refractivity contribution in [2.45, 2.75) is 69.4 Å². The molecule has 2 atom stereocenters. The third-order valence-electron chi connectivity index (χ3n) is 7.56. The normalized spacial score (nSPS) is 26.9. The Morgan fingerprint density at radius 3 is 2.68 bits per heavy atom. The van der Waals surface area contributed by atoms with E-state index in [9.17, 15) is 4.79 Å². The van der Waals surface area contributed by atoms with E-state index in [2.05, 4.69) is 9.80 Å². The standard InChI is InChI=1S/C25H38N2O4/c1-29-21-9-7-20(23(18-21)30-2)8-10-24(28)26-14-4-11-25(13-16-26)12-5-15-27(25)19-22-6-3-17-31-22/h7,9,18,22H,3-6,8,10-17,19H2,1-2H3/t22-,25-/m0/s1. The lowest BCUT2D eigenvalue weighted by Gasteiger charge is -2.39. The average Bonchev–Trinajstić information content (AvgIpc) is 3.39. The molecule has 6 heteroatoms. The predicted molar refractivity (Wildman–Crippen MR) is 121 cm³/mol. The third kappa shape index (κ3) is 5.17. The van der Waals surface area contributed by atoms with Gasteiger partial charge in [0.2, 0.25) is 5.91 Å². The van der Waals surface area contributed by atoms with Crippen LogP contribution in [0.25, 0.3) is 0 Å². The minimum Gasteiger partial charge on any atom is -0.497 e. The van der Waals surface area contributed by atoms with Crippen molar-refractivity contribution < 1.29 is 19.0 Å². The first-order valence-electron chi connectivity index (χ1n) is 12.0. The molecule has 3 fully saturated rings. The highest BCUT2D eigenvalue weighted by molar-refractivity contribution is 5.76. The number of carbonyl (C=O) groups excluding carboxylic acids is 1. The van der Waals surface area contributed by atoms with Gasteiger partial charge in [0.1, 0.15) is 11.5 Å². The summed E-state index contributed by atoms with van der Waals surface area (Å²) in [5, 5.41) is 0. The summed E-state index contributed by atoms with van der Waals surface area (Å²) in [6.07, 6.45) is 9.97. The lowest BCUT2D eigenvalue weighted by atomic mass is 9.87. The fourth-order valence-electron chi connectivity index (χ4n) is 5.77. The van der Waals surface area contributed by atoms with Gasteiger partial charge in [0.25, 0.3) is 0 Å².